The lowest BCUT2D eigenvalue weighted by atomic mass is 10.1. The molecule has 0 heterocycles. The van der Waals surface area contributed by atoms with Crippen LogP contribution in [0.15, 0.2) is 24.3 Å². The first-order valence-corrected chi connectivity index (χ1v) is 6.16. The lowest BCUT2D eigenvalue weighted by molar-refractivity contribution is -0.143. The zero-order chi connectivity index (χ0) is 12.5. The number of aryl methyl sites for hydroxylation is 1. The molecule has 0 aliphatic rings. The fraction of sp³-hybridized carbons (Fsp3) is 0.500. The molecule has 17 heavy (non-hydrogen) atoms. The Labute approximate surface area is 102 Å². The van der Waals surface area contributed by atoms with Gasteiger partial charge in [0, 0.05) is 6.42 Å². The van der Waals surface area contributed by atoms with Gasteiger partial charge in [-0.25, -0.2) is 0 Å². The predicted octanol–water partition coefficient (Wildman–Crippen LogP) is 3.06. The minimum atomic E-state index is -0.0995. The van der Waals surface area contributed by atoms with Crippen LogP contribution >= 0.6 is 0 Å². The SMILES string of the molecule is CCCCC(=O)OCCCc1ccc(O)cc1. The molecule has 0 unspecified atom stereocenters. The fourth-order valence-electron chi connectivity index (χ4n) is 1.52. The average Bonchev–Trinajstić information content (AvgIpc) is 2.34. The van der Waals surface area contributed by atoms with Crippen molar-refractivity contribution in [3.8, 4) is 5.75 Å². The topological polar surface area (TPSA) is 46.5 Å². The molecule has 1 N–H and O–H groups in total. The number of unbranched alkanes of at least 4 members (excludes halogenated alkanes) is 1. The molecule has 0 spiro atoms. The molecule has 0 atom stereocenters. The molecule has 0 aromatic heterocycles. The molecule has 1 rings (SSSR count). The third-order valence-corrected chi connectivity index (χ3v) is 2.54. The van der Waals surface area contributed by atoms with Gasteiger partial charge in [-0.05, 0) is 37.0 Å². The summed E-state index contributed by atoms with van der Waals surface area (Å²) in [5.74, 6) is 0.178. The number of phenols is 1. The molecule has 0 aliphatic carbocycles. The molecule has 3 nitrogen and oxygen atoms in total. The Bertz CT molecular complexity index is 330. The van der Waals surface area contributed by atoms with Crippen LogP contribution in [-0.4, -0.2) is 17.7 Å². The first-order valence-electron chi connectivity index (χ1n) is 6.16. The Morgan fingerprint density at radius 2 is 1.94 bits per heavy atom. The van der Waals surface area contributed by atoms with E-state index in [4.69, 9.17) is 9.84 Å². The molecule has 0 bridgehead atoms. The van der Waals surface area contributed by atoms with Crippen molar-refractivity contribution < 1.29 is 14.6 Å². The van der Waals surface area contributed by atoms with Gasteiger partial charge in [-0.15, -0.1) is 0 Å². The van der Waals surface area contributed by atoms with Gasteiger partial charge in [0.15, 0.2) is 0 Å². The maximum Gasteiger partial charge on any atom is 0.305 e. The van der Waals surface area contributed by atoms with E-state index in [1.54, 1.807) is 12.1 Å². The molecule has 0 saturated heterocycles. The van der Waals surface area contributed by atoms with Crippen molar-refractivity contribution in [3.05, 3.63) is 29.8 Å². The Morgan fingerprint density at radius 1 is 1.24 bits per heavy atom. The molecule has 0 saturated carbocycles. The number of benzene rings is 1. The Morgan fingerprint density at radius 3 is 2.59 bits per heavy atom. The minimum Gasteiger partial charge on any atom is -0.508 e. The summed E-state index contributed by atoms with van der Waals surface area (Å²) < 4.78 is 5.10. The van der Waals surface area contributed by atoms with Crippen LogP contribution in [0.4, 0.5) is 0 Å². The second kappa shape index (κ2) is 7.71. The minimum absolute atomic E-state index is 0.0995. The predicted molar refractivity (Wildman–Crippen MR) is 66.9 cm³/mol. The molecule has 0 aliphatic heterocycles. The number of carbonyl (C=O) groups excluding carboxylic acids is 1. The number of carbonyl (C=O) groups is 1. The van der Waals surface area contributed by atoms with Crippen LogP contribution in [-0.2, 0) is 16.0 Å². The van der Waals surface area contributed by atoms with Crippen molar-refractivity contribution in [2.24, 2.45) is 0 Å². The molecular formula is C14H20O3. The lowest BCUT2D eigenvalue weighted by Gasteiger charge is -2.04. The van der Waals surface area contributed by atoms with Crippen LogP contribution < -0.4 is 0 Å². The number of phenolic OH excluding ortho intramolecular Hbond substituents is 1. The average molecular weight is 236 g/mol. The summed E-state index contributed by atoms with van der Waals surface area (Å²) in [5.41, 5.74) is 1.15. The van der Waals surface area contributed by atoms with Gasteiger partial charge in [0.05, 0.1) is 6.61 Å². The summed E-state index contributed by atoms with van der Waals surface area (Å²) in [4.78, 5) is 11.2. The lowest BCUT2D eigenvalue weighted by Crippen LogP contribution is -2.06. The van der Waals surface area contributed by atoms with Gasteiger partial charge in [0.1, 0.15) is 5.75 Å². The molecule has 0 radical (unpaired) electrons. The zero-order valence-corrected chi connectivity index (χ0v) is 10.3. The van der Waals surface area contributed by atoms with Gasteiger partial charge in [-0.2, -0.15) is 0 Å². The summed E-state index contributed by atoms with van der Waals surface area (Å²) >= 11 is 0. The van der Waals surface area contributed by atoms with Crippen LogP contribution in [0.25, 0.3) is 0 Å². The van der Waals surface area contributed by atoms with Crippen molar-refractivity contribution in [1.29, 1.82) is 0 Å². The van der Waals surface area contributed by atoms with E-state index < -0.39 is 0 Å². The third-order valence-electron chi connectivity index (χ3n) is 2.54. The van der Waals surface area contributed by atoms with E-state index >= 15 is 0 Å². The summed E-state index contributed by atoms with van der Waals surface area (Å²) in [6, 6.07) is 7.10. The largest absolute Gasteiger partial charge is 0.508 e. The number of aromatic hydroxyl groups is 1. The first-order chi connectivity index (χ1) is 8.22. The van der Waals surface area contributed by atoms with E-state index in [0.717, 1.165) is 31.2 Å². The summed E-state index contributed by atoms with van der Waals surface area (Å²) in [5, 5.41) is 9.11. The Balaban J connectivity index is 2.11. The second-order valence-corrected chi connectivity index (χ2v) is 4.09. The van der Waals surface area contributed by atoms with Gasteiger partial charge in [0.2, 0.25) is 0 Å². The molecule has 0 amide bonds. The number of rotatable bonds is 7. The van der Waals surface area contributed by atoms with Crippen molar-refractivity contribution in [3.63, 3.8) is 0 Å². The van der Waals surface area contributed by atoms with Gasteiger partial charge in [-0.1, -0.05) is 25.5 Å². The normalized spacial score (nSPS) is 10.2. The maximum atomic E-state index is 11.2. The van der Waals surface area contributed by atoms with Crippen LogP contribution in [0, 0.1) is 0 Å². The van der Waals surface area contributed by atoms with Gasteiger partial charge in [0.25, 0.3) is 0 Å². The van der Waals surface area contributed by atoms with Crippen molar-refractivity contribution >= 4 is 5.97 Å². The van der Waals surface area contributed by atoms with Crippen LogP contribution in [0.3, 0.4) is 0 Å². The number of hydrogen-bond acceptors (Lipinski definition) is 3. The molecule has 0 fully saturated rings. The highest BCUT2D eigenvalue weighted by molar-refractivity contribution is 5.69. The highest BCUT2D eigenvalue weighted by Gasteiger charge is 2.01. The van der Waals surface area contributed by atoms with E-state index in [-0.39, 0.29) is 11.7 Å². The monoisotopic (exact) mass is 236 g/mol. The van der Waals surface area contributed by atoms with Crippen molar-refractivity contribution in [1.82, 2.24) is 0 Å². The smallest absolute Gasteiger partial charge is 0.305 e. The van der Waals surface area contributed by atoms with E-state index in [1.807, 2.05) is 12.1 Å². The van der Waals surface area contributed by atoms with E-state index in [1.165, 1.54) is 0 Å². The van der Waals surface area contributed by atoms with Crippen LogP contribution in [0.2, 0.25) is 0 Å². The first kappa shape index (κ1) is 13.6. The standard InChI is InChI=1S/C14H20O3/c1-2-3-6-14(16)17-11-4-5-12-7-9-13(15)10-8-12/h7-10,15H,2-6,11H2,1H3. The Hall–Kier alpha value is -1.51. The Kier molecular flexibility index (Phi) is 6.15. The summed E-state index contributed by atoms with van der Waals surface area (Å²) in [7, 11) is 0. The van der Waals surface area contributed by atoms with E-state index in [0.29, 0.717) is 13.0 Å². The van der Waals surface area contributed by atoms with E-state index in [9.17, 15) is 4.79 Å². The molecule has 3 heteroatoms. The van der Waals surface area contributed by atoms with Gasteiger partial charge < -0.3 is 9.84 Å². The third kappa shape index (κ3) is 5.95. The highest BCUT2D eigenvalue weighted by atomic mass is 16.5. The van der Waals surface area contributed by atoms with E-state index in [2.05, 4.69) is 6.92 Å². The fourth-order valence-corrected chi connectivity index (χ4v) is 1.52. The number of ether oxygens (including phenoxy) is 1. The van der Waals surface area contributed by atoms with Crippen LogP contribution in [0.1, 0.15) is 38.2 Å². The second-order valence-electron chi connectivity index (χ2n) is 4.09. The quantitative estimate of drug-likeness (QED) is 0.584. The summed E-state index contributed by atoms with van der Waals surface area (Å²) in [6.45, 7) is 2.53. The number of hydrogen-bond donors (Lipinski definition) is 1. The molecular weight excluding hydrogens is 216 g/mol. The highest BCUT2D eigenvalue weighted by Crippen LogP contribution is 2.11. The number of esters is 1. The van der Waals surface area contributed by atoms with Crippen molar-refractivity contribution in [2.45, 2.75) is 39.0 Å². The molecule has 1 aromatic rings. The van der Waals surface area contributed by atoms with Crippen LogP contribution in [0.5, 0.6) is 5.75 Å². The summed E-state index contributed by atoms with van der Waals surface area (Å²) in [6.07, 6.45) is 4.12. The van der Waals surface area contributed by atoms with Gasteiger partial charge >= 0.3 is 5.97 Å². The zero-order valence-electron chi connectivity index (χ0n) is 10.3. The maximum absolute atomic E-state index is 11.2. The van der Waals surface area contributed by atoms with Gasteiger partial charge in [-0.3, -0.25) is 4.79 Å². The van der Waals surface area contributed by atoms with Crippen molar-refractivity contribution in [2.75, 3.05) is 6.61 Å². The molecule has 1 aromatic carbocycles. The molecule has 94 valence electrons.